The number of ketones is 1. The molecule has 6 nitrogen and oxygen atoms in total. The minimum absolute atomic E-state index is 0.0242. The van der Waals surface area contributed by atoms with E-state index in [1.165, 1.54) is 24.3 Å². The van der Waals surface area contributed by atoms with Gasteiger partial charge in [0.15, 0.2) is 10.8 Å². The van der Waals surface area contributed by atoms with Gasteiger partial charge in [-0.1, -0.05) is 0 Å². The molecule has 1 aliphatic heterocycles. The van der Waals surface area contributed by atoms with Gasteiger partial charge in [0.05, 0.1) is 9.80 Å². The maximum Gasteiger partial charge on any atom is 0.304 e. The van der Waals surface area contributed by atoms with Crippen molar-refractivity contribution >= 4 is 27.8 Å². The second-order valence-corrected chi connectivity index (χ2v) is 6.00. The SMILES string of the molecule is CC(=O)c1cc([N+](=O)[O-])c(N2CCCC2CCCO)s1. The number of Topliss-reactive ketones (excluding diaryl/α,β-unsaturated/α-hetero) is 1. The largest absolute Gasteiger partial charge is 0.396 e. The number of carbonyl (C=O) groups is 1. The lowest BCUT2D eigenvalue weighted by atomic mass is 10.1. The molecule has 1 unspecified atom stereocenters. The summed E-state index contributed by atoms with van der Waals surface area (Å²) in [6.45, 7) is 2.33. The number of nitro groups is 1. The zero-order valence-corrected chi connectivity index (χ0v) is 12.2. The molecule has 1 aromatic rings. The van der Waals surface area contributed by atoms with Crippen LogP contribution in [-0.4, -0.2) is 35.0 Å². The van der Waals surface area contributed by atoms with Crippen LogP contribution < -0.4 is 4.90 Å². The first-order valence-electron chi connectivity index (χ1n) is 6.71. The molecule has 2 rings (SSSR count). The zero-order chi connectivity index (χ0) is 14.7. The van der Waals surface area contributed by atoms with Crippen LogP contribution >= 0.6 is 11.3 Å². The summed E-state index contributed by atoms with van der Waals surface area (Å²) in [6.07, 6.45) is 3.48. The number of rotatable bonds is 6. The van der Waals surface area contributed by atoms with Crippen molar-refractivity contribution in [1.29, 1.82) is 0 Å². The van der Waals surface area contributed by atoms with Crippen molar-refractivity contribution in [3.63, 3.8) is 0 Å². The van der Waals surface area contributed by atoms with Crippen LogP contribution in [0.4, 0.5) is 10.7 Å². The molecule has 0 aromatic carbocycles. The number of aliphatic hydroxyl groups is 1. The molecule has 1 saturated heterocycles. The molecule has 0 spiro atoms. The van der Waals surface area contributed by atoms with Crippen molar-refractivity contribution < 1.29 is 14.8 Å². The number of aliphatic hydroxyl groups excluding tert-OH is 1. The highest BCUT2D eigenvalue weighted by Crippen LogP contribution is 2.41. The lowest BCUT2D eigenvalue weighted by Gasteiger charge is -2.24. The fourth-order valence-corrected chi connectivity index (χ4v) is 3.73. The smallest absolute Gasteiger partial charge is 0.304 e. The van der Waals surface area contributed by atoms with Crippen LogP contribution in [0.15, 0.2) is 6.07 Å². The first-order chi connectivity index (χ1) is 9.54. The van der Waals surface area contributed by atoms with Gasteiger partial charge in [-0.05, 0) is 32.6 Å². The average molecular weight is 298 g/mol. The molecule has 2 heterocycles. The molecule has 20 heavy (non-hydrogen) atoms. The first-order valence-corrected chi connectivity index (χ1v) is 7.53. The van der Waals surface area contributed by atoms with E-state index in [-0.39, 0.29) is 24.1 Å². The topological polar surface area (TPSA) is 83.7 Å². The second-order valence-electron chi connectivity index (χ2n) is 4.97. The Morgan fingerprint density at radius 2 is 2.40 bits per heavy atom. The number of hydrogen-bond acceptors (Lipinski definition) is 6. The van der Waals surface area contributed by atoms with E-state index >= 15 is 0 Å². The Bertz CT molecular complexity index is 514. The van der Waals surface area contributed by atoms with E-state index < -0.39 is 4.92 Å². The van der Waals surface area contributed by atoms with E-state index in [1.54, 1.807) is 0 Å². The Hall–Kier alpha value is -1.47. The molecule has 1 fully saturated rings. The Kier molecular flexibility index (Phi) is 4.72. The van der Waals surface area contributed by atoms with Crippen molar-refractivity contribution in [3.8, 4) is 0 Å². The van der Waals surface area contributed by atoms with Crippen molar-refractivity contribution in [2.75, 3.05) is 18.1 Å². The maximum absolute atomic E-state index is 11.4. The van der Waals surface area contributed by atoms with E-state index in [4.69, 9.17) is 5.11 Å². The van der Waals surface area contributed by atoms with E-state index in [2.05, 4.69) is 0 Å². The Balaban J connectivity index is 2.30. The molecule has 0 aliphatic carbocycles. The van der Waals surface area contributed by atoms with E-state index in [1.807, 2.05) is 4.90 Å². The molecule has 1 aromatic heterocycles. The Morgan fingerprint density at radius 3 is 3.00 bits per heavy atom. The summed E-state index contributed by atoms with van der Waals surface area (Å²) in [5.41, 5.74) is 0.0242. The average Bonchev–Trinajstić information content (AvgIpc) is 3.02. The minimum atomic E-state index is -0.417. The lowest BCUT2D eigenvalue weighted by molar-refractivity contribution is -0.383. The van der Waals surface area contributed by atoms with E-state index in [0.29, 0.717) is 16.3 Å². The van der Waals surface area contributed by atoms with Gasteiger partial charge in [0.1, 0.15) is 0 Å². The second kappa shape index (κ2) is 6.32. The van der Waals surface area contributed by atoms with Gasteiger partial charge in [-0.2, -0.15) is 0 Å². The van der Waals surface area contributed by atoms with Gasteiger partial charge in [-0.15, -0.1) is 11.3 Å². The molecule has 1 atom stereocenters. The fraction of sp³-hybridized carbons (Fsp3) is 0.615. The third-order valence-corrected chi connectivity index (χ3v) is 4.83. The summed E-state index contributed by atoms with van der Waals surface area (Å²) in [5, 5.41) is 20.7. The molecule has 0 saturated carbocycles. The van der Waals surface area contributed by atoms with Crippen LogP contribution in [0.5, 0.6) is 0 Å². The number of thiophene rings is 1. The summed E-state index contributed by atoms with van der Waals surface area (Å²) < 4.78 is 0. The van der Waals surface area contributed by atoms with E-state index in [0.717, 1.165) is 25.8 Å². The van der Waals surface area contributed by atoms with Crippen LogP contribution in [0, 0.1) is 10.1 Å². The van der Waals surface area contributed by atoms with Crippen LogP contribution in [0.25, 0.3) is 0 Å². The predicted molar refractivity (Wildman–Crippen MR) is 77.7 cm³/mol. The van der Waals surface area contributed by atoms with Gasteiger partial charge in [0.25, 0.3) is 0 Å². The van der Waals surface area contributed by atoms with Gasteiger partial charge < -0.3 is 10.0 Å². The quantitative estimate of drug-likeness (QED) is 0.496. The maximum atomic E-state index is 11.4. The highest BCUT2D eigenvalue weighted by Gasteiger charge is 2.32. The highest BCUT2D eigenvalue weighted by molar-refractivity contribution is 7.18. The van der Waals surface area contributed by atoms with Crippen LogP contribution in [0.3, 0.4) is 0 Å². The van der Waals surface area contributed by atoms with Gasteiger partial charge in [0, 0.05) is 25.3 Å². The zero-order valence-electron chi connectivity index (χ0n) is 11.4. The van der Waals surface area contributed by atoms with Crippen molar-refractivity contribution in [2.24, 2.45) is 0 Å². The van der Waals surface area contributed by atoms with Crippen LogP contribution in [0.2, 0.25) is 0 Å². The third-order valence-electron chi connectivity index (χ3n) is 3.57. The summed E-state index contributed by atoms with van der Waals surface area (Å²) in [4.78, 5) is 24.7. The van der Waals surface area contributed by atoms with E-state index in [9.17, 15) is 14.9 Å². The summed E-state index contributed by atoms with van der Waals surface area (Å²) in [5.74, 6) is -0.143. The molecule has 1 aliphatic rings. The highest BCUT2D eigenvalue weighted by atomic mass is 32.1. The van der Waals surface area contributed by atoms with Gasteiger partial charge in [-0.3, -0.25) is 14.9 Å². The number of carbonyl (C=O) groups excluding carboxylic acids is 1. The molecular weight excluding hydrogens is 280 g/mol. The Labute approximate surface area is 121 Å². The van der Waals surface area contributed by atoms with Crippen molar-refractivity contribution in [1.82, 2.24) is 0 Å². The Morgan fingerprint density at radius 1 is 1.65 bits per heavy atom. The number of nitrogens with zero attached hydrogens (tertiary/aromatic N) is 2. The van der Waals surface area contributed by atoms with Crippen LogP contribution in [0.1, 0.15) is 42.3 Å². The van der Waals surface area contributed by atoms with Crippen molar-refractivity contribution in [2.45, 2.75) is 38.6 Å². The fourth-order valence-electron chi connectivity index (χ4n) is 2.61. The van der Waals surface area contributed by atoms with Gasteiger partial charge in [0.2, 0.25) is 0 Å². The number of hydrogen-bond donors (Lipinski definition) is 1. The first kappa shape index (κ1) is 14.9. The predicted octanol–water partition coefficient (Wildman–Crippen LogP) is 2.60. The number of anilines is 1. The molecule has 0 radical (unpaired) electrons. The summed E-state index contributed by atoms with van der Waals surface area (Å²) in [6, 6.07) is 1.60. The molecule has 110 valence electrons. The van der Waals surface area contributed by atoms with Crippen molar-refractivity contribution in [3.05, 3.63) is 21.1 Å². The van der Waals surface area contributed by atoms with Gasteiger partial charge >= 0.3 is 5.69 Å². The molecule has 1 N–H and O–H groups in total. The normalized spacial score (nSPS) is 18.5. The summed E-state index contributed by atoms with van der Waals surface area (Å²) >= 11 is 1.20. The lowest BCUT2D eigenvalue weighted by Crippen LogP contribution is -2.29. The summed E-state index contributed by atoms with van der Waals surface area (Å²) in [7, 11) is 0. The molecule has 7 heteroatoms. The monoisotopic (exact) mass is 298 g/mol. The minimum Gasteiger partial charge on any atom is -0.396 e. The standard InChI is InChI=1S/C13H18N2O4S/c1-9(17)12-8-11(15(18)19)13(20-12)14-6-2-4-10(14)5-3-7-16/h8,10,16H,2-7H2,1H3. The molecule has 0 bridgehead atoms. The third kappa shape index (κ3) is 2.99. The molecule has 0 amide bonds. The van der Waals surface area contributed by atoms with Gasteiger partial charge in [-0.25, -0.2) is 0 Å². The molecular formula is C13H18N2O4S. The van der Waals surface area contributed by atoms with Crippen LogP contribution in [-0.2, 0) is 0 Å².